The number of ether oxygens (including phenoxy) is 3. The Kier molecular flexibility index (Phi) is 4.38. The molecule has 25 heavy (non-hydrogen) atoms. The summed E-state index contributed by atoms with van der Waals surface area (Å²) in [5.41, 5.74) is 14.1. The molecule has 0 bridgehead atoms. The van der Waals surface area contributed by atoms with E-state index < -0.39 is 0 Å². The number of nitrogens with two attached hydrogens (primary N) is 2. The Morgan fingerprint density at radius 2 is 1.76 bits per heavy atom. The minimum atomic E-state index is 0.229. The number of fused-ring (bicyclic) bond motifs is 1. The first-order valence-electron chi connectivity index (χ1n) is 7.49. The molecule has 0 aromatic heterocycles. The van der Waals surface area contributed by atoms with Gasteiger partial charge in [0.15, 0.2) is 11.5 Å². The molecule has 0 unspecified atom stereocenters. The number of nitrogens with one attached hydrogen (secondary N) is 2. The predicted octanol–water partition coefficient (Wildman–Crippen LogP) is 1.71. The summed E-state index contributed by atoms with van der Waals surface area (Å²) >= 11 is 0. The van der Waals surface area contributed by atoms with Crippen molar-refractivity contribution >= 4 is 17.5 Å². The Morgan fingerprint density at radius 3 is 2.36 bits per heavy atom. The highest BCUT2D eigenvalue weighted by Gasteiger charge is 2.18. The minimum absolute atomic E-state index is 0.229. The number of aromatic nitrogens is 3. The molecule has 132 valence electrons. The Hall–Kier alpha value is -3.36. The molecule has 9 nitrogen and oxygen atoms in total. The largest absolute Gasteiger partial charge is 0.493 e. The number of hydrogen-bond donors (Lipinski definition) is 4. The highest BCUT2D eigenvalue weighted by Crippen LogP contribution is 2.40. The standard InChI is InChI=1S/C16H20N6O3/c1-23-10-4-9(5-11(24-2)13(10)25-3)19-6-8-7-20-15-12(8)14(17)21-16(18)22-15/h4-5,7,19H,6H2,1-3H3,(H5,17,18,20,21,22). The van der Waals surface area contributed by atoms with Crippen LogP contribution in [-0.2, 0) is 6.54 Å². The molecule has 9 heteroatoms. The lowest BCUT2D eigenvalue weighted by molar-refractivity contribution is 0.324. The fourth-order valence-electron chi connectivity index (χ4n) is 2.65. The maximum absolute atomic E-state index is 5.97. The van der Waals surface area contributed by atoms with Gasteiger partial charge in [-0.15, -0.1) is 0 Å². The maximum atomic E-state index is 5.97. The van der Waals surface area contributed by atoms with E-state index in [0.29, 0.717) is 35.4 Å². The first-order valence-corrected chi connectivity index (χ1v) is 7.49. The van der Waals surface area contributed by atoms with Crippen LogP contribution in [0.2, 0.25) is 0 Å². The smallest absolute Gasteiger partial charge is 0.203 e. The van der Waals surface area contributed by atoms with Gasteiger partial charge in [0.1, 0.15) is 11.6 Å². The van der Waals surface area contributed by atoms with Gasteiger partial charge in [0.2, 0.25) is 11.7 Å². The number of nitrogen functional groups attached to an aromatic ring is 2. The van der Waals surface area contributed by atoms with E-state index in [4.69, 9.17) is 25.7 Å². The number of aromatic amines is 1. The van der Waals surface area contributed by atoms with Crippen molar-refractivity contribution in [2.75, 3.05) is 38.1 Å². The van der Waals surface area contributed by atoms with Crippen LogP contribution in [0, 0.1) is 0 Å². The quantitative estimate of drug-likeness (QED) is 0.531. The second-order valence-electron chi connectivity index (χ2n) is 5.28. The van der Waals surface area contributed by atoms with Gasteiger partial charge in [0.25, 0.3) is 0 Å². The second kappa shape index (κ2) is 6.63. The van der Waals surface area contributed by atoms with Crippen molar-refractivity contribution < 1.29 is 14.2 Å². The lowest BCUT2D eigenvalue weighted by Crippen LogP contribution is -2.06. The van der Waals surface area contributed by atoms with Gasteiger partial charge in [-0.25, -0.2) is 4.98 Å². The zero-order valence-electron chi connectivity index (χ0n) is 14.2. The highest BCUT2D eigenvalue weighted by atomic mass is 16.5. The molecule has 3 rings (SSSR count). The van der Waals surface area contributed by atoms with E-state index in [2.05, 4.69) is 20.3 Å². The first kappa shape index (κ1) is 16.5. The number of H-pyrrole nitrogens is 1. The molecule has 0 atom stereocenters. The van der Waals surface area contributed by atoms with Gasteiger partial charge >= 0.3 is 0 Å². The lowest BCUT2D eigenvalue weighted by atomic mass is 10.1. The molecule has 2 aliphatic heterocycles. The van der Waals surface area contributed by atoms with E-state index in [0.717, 1.165) is 16.8 Å². The summed E-state index contributed by atoms with van der Waals surface area (Å²) in [5, 5.41) is 3.30. The van der Waals surface area contributed by atoms with Crippen LogP contribution in [0.5, 0.6) is 17.2 Å². The Bertz CT molecular complexity index is 838. The molecule has 6 N–H and O–H groups in total. The Morgan fingerprint density at radius 1 is 1.08 bits per heavy atom. The van der Waals surface area contributed by atoms with Gasteiger partial charge < -0.3 is 36.0 Å². The number of benzene rings is 1. The first-order chi connectivity index (χ1) is 12.1. The number of anilines is 3. The third-order valence-electron chi connectivity index (χ3n) is 3.80. The molecular formula is C16H20N6O3. The average molecular weight is 344 g/mol. The fourth-order valence-corrected chi connectivity index (χ4v) is 2.65. The summed E-state index contributed by atoms with van der Waals surface area (Å²) in [6.07, 6.45) is 1.73. The van der Waals surface area contributed by atoms with Gasteiger partial charge in [0.05, 0.1) is 26.9 Å². The van der Waals surface area contributed by atoms with Crippen LogP contribution in [0.1, 0.15) is 5.56 Å². The van der Waals surface area contributed by atoms with Gasteiger partial charge in [-0.05, 0) is 0 Å². The number of hydrogen-bond acceptors (Lipinski definition) is 8. The summed E-state index contributed by atoms with van der Waals surface area (Å²) in [7, 11) is 4.71. The molecular weight excluding hydrogens is 324 g/mol. The predicted molar refractivity (Wildman–Crippen MR) is 95.3 cm³/mol. The average Bonchev–Trinajstić information content (AvgIpc) is 3.01. The number of rotatable bonds is 6. The lowest BCUT2D eigenvalue weighted by Gasteiger charge is -2.15. The second-order valence-corrected chi connectivity index (χ2v) is 5.28. The van der Waals surface area contributed by atoms with Crippen LogP contribution >= 0.6 is 0 Å². The van der Waals surface area contributed by atoms with Crippen LogP contribution < -0.4 is 31.0 Å². The van der Waals surface area contributed by atoms with E-state index in [1.165, 1.54) is 0 Å². The zero-order valence-corrected chi connectivity index (χ0v) is 14.2. The van der Waals surface area contributed by atoms with Crippen molar-refractivity contribution in [3.63, 3.8) is 0 Å². The van der Waals surface area contributed by atoms with E-state index in [1.54, 1.807) is 27.5 Å². The van der Waals surface area contributed by atoms with Crippen molar-refractivity contribution in [1.29, 1.82) is 0 Å². The molecule has 0 fully saturated rings. The van der Waals surface area contributed by atoms with Crippen LogP contribution in [0.25, 0.3) is 11.4 Å². The monoisotopic (exact) mass is 344 g/mol. The molecule has 0 saturated carbocycles. The van der Waals surface area contributed by atoms with Crippen molar-refractivity contribution in [2.45, 2.75) is 6.54 Å². The maximum Gasteiger partial charge on any atom is 0.203 e. The van der Waals surface area contributed by atoms with Crippen LogP contribution in [-0.4, -0.2) is 36.3 Å². The van der Waals surface area contributed by atoms with Crippen LogP contribution in [0.4, 0.5) is 17.5 Å². The third-order valence-corrected chi connectivity index (χ3v) is 3.80. The molecule has 0 saturated heterocycles. The van der Waals surface area contributed by atoms with Crippen molar-refractivity contribution in [1.82, 2.24) is 15.0 Å². The van der Waals surface area contributed by atoms with Gasteiger partial charge in [-0.2, -0.15) is 4.98 Å². The number of methoxy groups -OCH3 is 3. The molecule has 1 aromatic rings. The van der Waals surface area contributed by atoms with Gasteiger partial charge in [0, 0.05) is 36.1 Å². The summed E-state index contributed by atoms with van der Waals surface area (Å²) in [6, 6.07) is 3.65. The molecule has 2 aliphatic rings. The third kappa shape index (κ3) is 3.03. The minimum Gasteiger partial charge on any atom is -0.493 e. The topological polar surface area (TPSA) is 133 Å². The molecule has 0 amide bonds. The molecule has 0 spiro atoms. The van der Waals surface area contributed by atoms with E-state index in [9.17, 15) is 0 Å². The fraction of sp³-hybridized carbons (Fsp3) is 0.250. The van der Waals surface area contributed by atoms with Gasteiger partial charge in [-0.1, -0.05) is 0 Å². The van der Waals surface area contributed by atoms with Crippen molar-refractivity contribution in [2.24, 2.45) is 0 Å². The Labute approximate surface area is 144 Å². The van der Waals surface area contributed by atoms with Crippen LogP contribution in [0.15, 0.2) is 18.3 Å². The van der Waals surface area contributed by atoms with E-state index >= 15 is 0 Å². The number of nitrogens with zero attached hydrogens (tertiary/aromatic N) is 2. The Balaban J connectivity index is 1.87. The zero-order chi connectivity index (χ0) is 18.0. The SMILES string of the molecule is COc1cc(NCc2cnc3[nH]c(N)nc(N)c2-3)cc(OC)c1OC. The molecule has 1 aromatic carbocycles. The van der Waals surface area contributed by atoms with Crippen LogP contribution in [0.3, 0.4) is 0 Å². The molecule has 0 aliphatic carbocycles. The molecule has 0 radical (unpaired) electrons. The van der Waals surface area contributed by atoms with Crippen molar-refractivity contribution in [3.8, 4) is 28.6 Å². The van der Waals surface area contributed by atoms with Gasteiger partial charge in [-0.3, -0.25) is 0 Å². The summed E-state index contributed by atoms with van der Waals surface area (Å²) < 4.78 is 16.0. The van der Waals surface area contributed by atoms with E-state index in [-0.39, 0.29) is 5.95 Å². The summed E-state index contributed by atoms with van der Waals surface area (Å²) in [4.78, 5) is 11.2. The normalized spacial score (nSPS) is 10.7. The van der Waals surface area contributed by atoms with E-state index in [1.807, 2.05) is 12.1 Å². The summed E-state index contributed by atoms with van der Waals surface area (Å²) in [6.45, 7) is 0.485. The highest BCUT2D eigenvalue weighted by molar-refractivity contribution is 5.75. The molecule has 2 heterocycles. The summed E-state index contributed by atoms with van der Waals surface area (Å²) in [5.74, 6) is 2.84. The van der Waals surface area contributed by atoms with Crippen molar-refractivity contribution in [3.05, 3.63) is 23.9 Å².